The lowest BCUT2D eigenvalue weighted by Crippen LogP contribution is -1.92. The molecule has 0 bridgehead atoms. The number of benzene rings is 6. The van der Waals surface area contributed by atoms with E-state index in [0.717, 1.165) is 33.1 Å². The Balaban J connectivity index is 1.24. The van der Waals surface area contributed by atoms with Gasteiger partial charge < -0.3 is 4.57 Å². The van der Waals surface area contributed by atoms with Gasteiger partial charge in [0, 0.05) is 45.2 Å². The highest BCUT2D eigenvalue weighted by molar-refractivity contribution is 6.23. The van der Waals surface area contributed by atoms with Crippen LogP contribution in [0.5, 0.6) is 0 Å². The average molecular weight is 486 g/mol. The predicted molar refractivity (Wildman–Crippen MR) is 159 cm³/mol. The van der Waals surface area contributed by atoms with Crippen LogP contribution in [0.3, 0.4) is 0 Å². The number of aryl methyl sites for hydroxylation is 1. The normalized spacial score (nSPS) is 11.8. The number of hydrogen-bond donors (Lipinski definition) is 0. The fraction of sp³-hybridized carbons (Fsp3) is 0.0286. The van der Waals surface area contributed by atoms with Crippen molar-refractivity contribution < 1.29 is 0 Å². The molecule has 8 rings (SSSR count). The first-order chi connectivity index (χ1) is 18.8. The summed E-state index contributed by atoms with van der Waals surface area (Å²) >= 11 is 0. The summed E-state index contributed by atoms with van der Waals surface area (Å²) in [6, 6.07) is 41.0. The molecule has 0 saturated carbocycles. The molecule has 0 spiro atoms. The molecule has 0 N–H and O–H groups in total. The topological polar surface area (TPSA) is 30.7 Å². The van der Waals surface area contributed by atoms with Crippen molar-refractivity contribution in [2.45, 2.75) is 0 Å². The van der Waals surface area contributed by atoms with Crippen molar-refractivity contribution >= 4 is 54.4 Å². The Kier molecular flexibility index (Phi) is 4.44. The molecule has 8 aromatic rings. The Morgan fingerprint density at radius 1 is 0.474 bits per heavy atom. The molecule has 38 heavy (non-hydrogen) atoms. The van der Waals surface area contributed by atoms with Crippen LogP contribution < -0.4 is 0 Å². The highest BCUT2D eigenvalue weighted by atomic mass is 14.9. The van der Waals surface area contributed by atoms with Crippen LogP contribution in [0.15, 0.2) is 121 Å². The molecule has 6 aromatic carbocycles. The first kappa shape index (κ1) is 21.1. The van der Waals surface area contributed by atoms with Gasteiger partial charge in [-0.25, -0.2) is 4.98 Å². The second-order valence-corrected chi connectivity index (χ2v) is 9.93. The first-order valence-corrected chi connectivity index (χ1v) is 12.9. The maximum atomic E-state index is 5.14. The summed E-state index contributed by atoms with van der Waals surface area (Å²) in [6.07, 6.45) is 1.90. The van der Waals surface area contributed by atoms with Crippen molar-refractivity contribution in [2.75, 3.05) is 0 Å². The van der Waals surface area contributed by atoms with Crippen molar-refractivity contribution in [3.8, 4) is 22.4 Å². The molecule has 2 heterocycles. The third kappa shape index (κ3) is 3.02. The minimum absolute atomic E-state index is 0.883. The number of hydrogen-bond acceptors (Lipinski definition) is 2. The molecule has 0 unspecified atom stereocenters. The van der Waals surface area contributed by atoms with Crippen LogP contribution in [0.25, 0.3) is 76.8 Å². The zero-order chi connectivity index (χ0) is 25.2. The lowest BCUT2D eigenvalue weighted by Gasteiger charge is -2.10. The van der Waals surface area contributed by atoms with Crippen molar-refractivity contribution in [3.63, 3.8) is 0 Å². The smallest absolute Gasteiger partial charge is 0.0979 e. The summed E-state index contributed by atoms with van der Waals surface area (Å²) in [5.41, 5.74) is 8.74. The monoisotopic (exact) mass is 485 g/mol. The van der Waals surface area contributed by atoms with Gasteiger partial charge in [-0.1, -0.05) is 97.1 Å². The zero-order valence-electron chi connectivity index (χ0n) is 20.9. The number of nitrogens with zero attached hydrogens (tertiary/aromatic N) is 3. The van der Waals surface area contributed by atoms with Crippen LogP contribution in [-0.2, 0) is 7.05 Å². The Labute approximate surface area is 219 Å². The summed E-state index contributed by atoms with van der Waals surface area (Å²) in [5, 5.41) is 7.26. The van der Waals surface area contributed by atoms with Crippen LogP contribution in [0.4, 0.5) is 0 Å². The van der Waals surface area contributed by atoms with Crippen molar-refractivity contribution in [3.05, 3.63) is 121 Å². The second-order valence-electron chi connectivity index (χ2n) is 9.93. The maximum absolute atomic E-state index is 5.14. The molecule has 0 aliphatic rings. The third-order valence-corrected chi connectivity index (χ3v) is 7.85. The summed E-state index contributed by atoms with van der Waals surface area (Å²) in [6.45, 7) is 0. The molecule has 2 aromatic heterocycles. The van der Waals surface area contributed by atoms with Crippen LogP contribution in [0, 0.1) is 0 Å². The molecule has 3 heteroatoms. The summed E-state index contributed by atoms with van der Waals surface area (Å²) in [7, 11) is 2.13. The van der Waals surface area contributed by atoms with E-state index in [-0.39, 0.29) is 0 Å². The van der Waals surface area contributed by atoms with Crippen LogP contribution in [0.2, 0.25) is 0 Å². The van der Waals surface area contributed by atoms with Gasteiger partial charge in [0.25, 0.3) is 0 Å². The van der Waals surface area contributed by atoms with Gasteiger partial charge in [0.2, 0.25) is 0 Å². The van der Waals surface area contributed by atoms with E-state index in [0.29, 0.717) is 0 Å². The van der Waals surface area contributed by atoms with E-state index in [9.17, 15) is 0 Å². The molecule has 0 aliphatic carbocycles. The fourth-order valence-electron chi connectivity index (χ4n) is 5.94. The molecule has 0 amide bonds. The molecular weight excluding hydrogens is 462 g/mol. The first-order valence-electron chi connectivity index (χ1n) is 12.9. The minimum atomic E-state index is 0.883. The van der Waals surface area contributed by atoms with E-state index in [1.54, 1.807) is 0 Å². The molecule has 0 atom stereocenters. The third-order valence-electron chi connectivity index (χ3n) is 7.85. The molecule has 0 fully saturated rings. The van der Waals surface area contributed by atoms with E-state index >= 15 is 0 Å². The van der Waals surface area contributed by atoms with Gasteiger partial charge in [-0.2, -0.15) is 0 Å². The van der Waals surface area contributed by atoms with Gasteiger partial charge in [-0.15, -0.1) is 0 Å². The molecular formula is C35H23N3. The minimum Gasteiger partial charge on any atom is -0.344 e. The Bertz CT molecular complexity index is 2150. The fourth-order valence-corrected chi connectivity index (χ4v) is 5.94. The van der Waals surface area contributed by atoms with Gasteiger partial charge in [-0.3, -0.25) is 4.98 Å². The van der Waals surface area contributed by atoms with Gasteiger partial charge in [0.15, 0.2) is 0 Å². The molecule has 0 radical (unpaired) electrons. The van der Waals surface area contributed by atoms with Crippen molar-refractivity contribution in [1.82, 2.24) is 14.5 Å². The Morgan fingerprint density at radius 3 is 1.76 bits per heavy atom. The maximum Gasteiger partial charge on any atom is 0.0979 e. The largest absolute Gasteiger partial charge is 0.344 e. The summed E-state index contributed by atoms with van der Waals surface area (Å²) in [5.74, 6) is 0. The lowest BCUT2D eigenvalue weighted by atomic mass is 9.99. The van der Waals surface area contributed by atoms with Gasteiger partial charge in [0.05, 0.1) is 22.9 Å². The Hall–Kier alpha value is -5.02. The van der Waals surface area contributed by atoms with E-state index in [1.807, 2.05) is 6.20 Å². The second kappa shape index (κ2) is 7.99. The standard InChI is InChI=1S/C35H23N3/c1-38-32-13-7-6-10-27(32)30-20-24(18-19-33(30)38)22-14-16-23(17-15-22)31-21-36-34-28-11-4-2-8-25(28)26-9-3-5-12-29(26)35(34)37-31/h2-21H,1H3. The van der Waals surface area contributed by atoms with Crippen molar-refractivity contribution in [1.29, 1.82) is 0 Å². The highest BCUT2D eigenvalue weighted by Crippen LogP contribution is 2.35. The summed E-state index contributed by atoms with van der Waals surface area (Å²) in [4.78, 5) is 10.1. The molecule has 0 aliphatic heterocycles. The molecule has 178 valence electrons. The predicted octanol–water partition coefficient (Wildman–Crippen LogP) is 8.92. The van der Waals surface area contributed by atoms with Crippen LogP contribution in [-0.4, -0.2) is 14.5 Å². The molecule has 0 saturated heterocycles. The van der Waals surface area contributed by atoms with E-state index in [4.69, 9.17) is 9.97 Å². The van der Waals surface area contributed by atoms with E-state index in [2.05, 4.69) is 127 Å². The quantitative estimate of drug-likeness (QED) is 0.229. The van der Waals surface area contributed by atoms with Gasteiger partial charge in [0.1, 0.15) is 0 Å². The van der Waals surface area contributed by atoms with Gasteiger partial charge in [-0.05, 0) is 40.1 Å². The highest BCUT2D eigenvalue weighted by Gasteiger charge is 2.13. The van der Waals surface area contributed by atoms with Gasteiger partial charge >= 0.3 is 0 Å². The average Bonchev–Trinajstić information content (AvgIpc) is 3.28. The SMILES string of the molecule is Cn1c2ccccc2c2cc(-c3ccc(-c4cnc5c6ccccc6c6ccccc6c5n4)cc3)ccc21. The van der Waals surface area contributed by atoms with Crippen molar-refractivity contribution in [2.24, 2.45) is 7.05 Å². The summed E-state index contributed by atoms with van der Waals surface area (Å²) < 4.78 is 2.27. The van der Waals surface area contributed by atoms with E-state index in [1.165, 1.54) is 43.7 Å². The Morgan fingerprint density at radius 2 is 1.03 bits per heavy atom. The number of para-hydroxylation sites is 1. The van der Waals surface area contributed by atoms with Crippen LogP contribution >= 0.6 is 0 Å². The number of fused-ring (bicyclic) bond motifs is 9. The van der Waals surface area contributed by atoms with Crippen LogP contribution in [0.1, 0.15) is 0 Å². The van der Waals surface area contributed by atoms with E-state index < -0.39 is 0 Å². The number of aromatic nitrogens is 3. The zero-order valence-corrected chi connectivity index (χ0v) is 20.9. The molecule has 3 nitrogen and oxygen atoms in total. The number of rotatable bonds is 2. The lowest BCUT2D eigenvalue weighted by molar-refractivity contribution is 1.01.